The zero-order chi connectivity index (χ0) is 18.2. The first-order valence-electron chi connectivity index (χ1n) is 8.39. The van der Waals surface area contributed by atoms with Crippen molar-refractivity contribution in [1.29, 1.82) is 0 Å². The van der Waals surface area contributed by atoms with E-state index < -0.39 is 5.82 Å². The van der Waals surface area contributed by atoms with Crippen LogP contribution in [0.2, 0.25) is 0 Å². The van der Waals surface area contributed by atoms with E-state index in [0.29, 0.717) is 18.0 Å². The van der Waals surface area contributed by atoms with E-state index in [2.05, 4.69) is 38.0 Å². The molecule has 0 saturated heterocycles. The van der Waals surface area contributed by atoms with Crippen molar-refractivity contribution in [3.63, 3.8) is 0 Å². The molecule has 5 heteroatoms. The number of nitrogens with one attached hydrogen (secondary N) is 1. The van der Waals surface area contributed by atoms with Crippen molar-refractivity contribution in [2.75, 3.05) is 0 Å². The number of para-hydroxylation sites is 1. The number of amides is 1. The van der Waals surface area contributed by atoms with Crippen LogP contribution in [0.4, 0.5) is 4.39 Å². The molecule has 132 valence electrons. The van der Waals surface area contributed by atoms with Crippen LogP contribution in [0.1, 0.15) is 33.3 Å². The number of hydrogen-bond acceptors (Lipinski definition) is 3. The van der Waals surface area contributed by atoms with Crippen LogP contribution < -0.4 is 10.1 Å². The van der Waals surface area contributed by atoms with Gasteiger partial charge in [0.1, 0.15) is 0 Å². The standard InChI is InChI=1S/C20H23FN2O2/c1-19(2)16(20(19,3)4)17(24)23-12-13-8-7-11-22-18(13)25-15-10-6-5-9-14(15)21/h5-11,16H,12H2,1-4H3,(H,23,24). The predicted octanol–water partition coefficient (Wildman–Crippen LogP) is 4.31. The SMILES string of the molecule is CC1(C)C(C(=O)NCc2cccnc2Oc2ccccc2F)C1(C)C. The number of ether oxygens (including phenoxy) is 1. The lowest BCUT2D eigenvalue weighted by Gasteiger charge is -2.11. The Bertz CT molecular complexity index is 788. The van der Waals surface area contributed by atoms with Crippen molar-refractivity contribution in [2.24, 2.45) is 16.7 Å². The molecule has 0 unspecified atom stereocenters. The summed E-state index contributed by atoms with van der Waals surface area (Å²) < 4.78 is 19.4. The molecule has 3 rings (SSSR count). The minimum atomic E-state index is -0.454. The minimum absolute atomic E-state index is 0.0154. The zero-order valence-electron chi connectivity index (χ0n) is 15.0. The Morgan fingerprint density at radius 3 is 2.48 bits per heavy atom. The normalized spacial score (nSPS) is 17.8. The number of carbonyl (C=O) groups is 1. The van der Waals surface area contributed by atoms with Crippen molar-refractivity contribution >= 4 is 5.91 Å². The molecule has 1 fully saturated rings. The average Bonchev–Trinajstić information content (AvgIpc) is 2.97. The second-order valence-electron chi connectivity index (χ2n) is 7.59. The van der Waals surface area contributed by atoms with Crippen LogP contribution in [0, 0.1) is 22.6 Å². The summed E-state index contributed by atoms with van der Waals surface area (Å²) in [5.74, 6) is -0.0478. The topological polar surface area (TPSA) is 51.2 Å². The molecule has 1 saturated carbocycles. The first-order chi connectivity index (χ1) is 11.7. The van der Waals surface area contributed by atoms with Crippen LogP contribution in [-0.2, 0) is 11.3 Å². The maximum Gasteiger partial charge on any atom is 0.224 e. The minimum Gasteiger partial charge on any atom is -0.436 e. The number of aromatic nitrogens is 1. The van der Waals surface area contributed by atoms with E-state index in [0.717, 1.165) is 0 Å². The number of pyridine rings is 1. The second kappa shape index (κ2) is 6.14. The van der Waals surface area contributed by atoms with Gasteiger partial charge in [-0.15, -0.1) is 0 Å². The lowest BCUT2D eigenvalue weighted by molar-refractivity contribution is -0.123. The average molecular weight is 342 g/mol. The molecular formula is C20H23FN2O2. The zero-order valence-corrected chi connectivity index (χ0v) is 15.0. The summed E-state index contributed by atoms with van der Waals surface area (Å²) in [7, 11) is 0. The van der Waals surface area contributed by atoms with E-state index >= 15 is 0 Å². The Kier molecular flexibility index (Phi) is 4.27. The van der Waals surface area contributed by atoms with Gasteiger partial charge in [0.05, 0.1) is 0 Å². The molecule has 0 bridgehead atoms. The lowest BCUT2D eigenvalue weighted by atomic mass is 10.0. The predicted molar refractivity (Wildman–Crippen MR) is 93.6 cm³/mol. The van der Waals surface area contributed by atoms with Crippen molar-refractivity contribution in [2.45, 2.75) is 34.2 Å². The molecule has 1 aromatic carbocycles. The van der Waals surface area contributed by atoms with Crippen molar-refractivity contribution < 1.29 is 13.9 Å². The summed E-state index contributed by atoms with van der Waals surface area (Å²) in [6, 6.07) is 9.74. The van der Waals surface area contributed by atoms with Crippen LogP contribution in [-0.4, -0.2) is 10.9 Å². The Hall–Kier alpha value is -2.43. The molecule has 1 amide bonds. The first kappa shape index (κ1) is 17.4. The van der Waals surface area contributed by atoms with Gasteiger partial charge in [-0.2, -0.15) is 0 Å². The second-order valence-corrected chi connectivity index (χ2v) is 7.59. The van der Waals surface area contributed by atoms with Crippen LogP contribution in [0.25, 0.3) is 0 Å². The molecule has 25 heavy (non-hydrogen) atoms. The number of halogens is 1. The highest BCUT2D eigenvalue weighted by atomic mass is 19.1. The van der Waals surface area contributed by atoms with Gasteiger partial charge in [-0.3, -0.25) is 4.79 Å². The summed E-state index contributed by atoms with van der Waals surface area (Å²) >= 11 is 0. The van der Waals surface area contributed by atoms with E-state index in [1.54, 1.807) is 30.5 Å². The molecule has 0 radical (unpaired) electrons. The molecule has 1 N–H and O–H groups in total. The Morgan fingerprint density at radius 2 is 1.84 bits per heavy atom. The van der Waals surface area contributed by atoms with Crippen LogP contribution in [0.15, 0.2) is 42.6 Å². The van der Waals surface area contributed by atoms with Gasteiger partial charge in [0, 0.05) is 24.2 Å². The first-order valence-corrected chi connectivity index (χ1v) is 8.39. The van der Waals surface area contributed by atoms with E-state index in [-0.39, 0.29) is 28.4 Å². The fourth-order valence-electron chi connectivity index (χ4n) is 3.42. The molecule has 2 aromatic rings. The van der Waals surface area contributed by atoms with E-state index in [1.807, 2.05) is 6.07 Å². The van der Waals surface area contributed by atoms with Crippen LogP contribution in [0.5, 0.6) is 11.6 Å². The van der Waals surface area contributed by atoms with E-state index in [4.69, 9.17) is 4.74 Å². The fourth-order valence-corrected chi connectivity index (χ4v) is 3.42. The van der Waals surface area contributed by atoms with Gasteiger partial charge in [-0.25, -0.2) is 9.37 Å². The molecule has 1 aromatic heterocycles. The van der Waals surface area contributed by atoms with E-state index in [9.17, 15) is 9.18 Å². The number of rotatable bonds is 5. The Morgan fingerprint density at radius 1 is 1.16 bits per heavy atom. The summed E-state index contributed by atoms with van der Waals surface area (Å²) in [5, 5.41) is 2.96. The number of carbonyl (C=O) groups excluding carboxylic acids is 1. The summed E-state index contributed by atoms with van der Waals surface area (Å²) in [6.07, 6.45) is 1.58. The van der Waals surface area contributed by atoms with Crippen molar-refractivity contribution in [3.8, 4) is 11.6 Å². The maximum absolute atomic E-state index is 13.8. The summed E-state index contributed by atoms with van der Waals surface area (Å²) in [6.45, 7) is 8.71. The largest absolute Gasteiger partial charge is 0.436 e. The van der Waals surface area contributed by atoms with Gasteiger partial charge in [0.15, 0.2) is 11.6 Å². The van der Waals surface area contributed by atoms with Crippen LogP contribution >= 0.6 is 0 Å². The summed E-state index contributed by atoms with van der Waals surface area (Å²) in [5.41, 5.74) is 0.673. The van der Waals surface area contributed by atoms with Crippen molar-refractivity contribution in [1.82, 2.24) is 10.3 Å². The lowest BCUT2D eigenvalue weighted by Crippen LogP contribution is -2.27. The van der Waals surface area contributed by atoms with Crippen molar-refractivity contribution in [3.05, 3.63) is 54.0 Å². The highest BCUT2D eigenvalue weighted by Crippen LogP contribution is 2.68. The Labute approximate surface area is 147 Å². The highest BCUT2D eigenvalue weighted by Gasteiger charge is 2.68. The van der Waals surface area contributed by atoms with Gasteiger partial charge in [-0.1, -0.05) is 45.9 Å². The number of benzene rings is 1. The van der Waals surface area contributed by atoms with Crippen LogP contribution in [0.3, 0.4) is 0 Å². The molecule has 0 aliphatic heterocycles. The number of nitrogens with zero attached hydrogens (tertiary/aromatic N) is 1. The molecule has 1 aliphatic carbocycles. The Balaban J connectivity index is 1.70. The quantitative estimate of drug-likeness (QED) is 0.881. The van der Waals surface area contributed by atoms with Gasteiger partial charge in [0.2, 0.25) is 11.8 Å². The highest BCUT2D eigenvalue weighted by molar-refractivity contribution is 5.84. The van der Waals surface area contributed by atoms with Gasteiger partial charge < -0.3 is 10.1 Å². The van der Waals surface area contributed by atoms with E-state index in [1.165, 1.54) is 6.07 Å². The number of hydrogen-bond donors (Lipinski definition) is 1. The molecular weight excluding hydrogens is 319 g/mol. The molecule has 1 heterocycles. The van der Waals surface area contributed by atoms with Gasteiger partial charge in [0.25, 0.3) is 0 Å². The maximum atomic E-state index is 13.8. The third-order valence-corrected chi connectivity index (χ3v) is 5.63. The molecule has 0 spiro atoms. The third kappa shape index (κ3) is 3.11. The monoisotopic (exact) mass is 342 g/mol. The fraction of sp³-hybridized carbons (Fsp3) is 0.400. The molecule has 0 atom stereocenters. The van der Waals surface area contributed by atoms with Gasteiger partial charge >= 0.3 is 0 Å². The third-order valence-electron chi connectivity index (χ3n) is 5.63. The van der Waals surface area contributed by atoms with Gasteiger partial charge in [-0.05, 0) is 29.0 Å². The smallest absolute Gasteiger partial charge is 0.224 e. The molecule has 1 aliphatic rings. The molecule has 4 nitrogen and oxygen atoms in total. The summed E-state index contributed by atoms with van der Waals surface area (Å²) in [4.78, 5) is 16.7.